The number of carbonyl (C=O) groups is 1. The molecule has 0 aliphatic carbocycles. The van der Waals surface area contributed by atoms with Gasteiger partial charge in [0.25, 0.3) is 5.91 Å². The normalized spacial score (nSPS) is 18.5. The third kappa shape index (κ3) is 2.67. The molecule has 0 fully saturated rings. The van der Waals surface area contributed by atoms with Gasteiger partial charge in [0.15, 0.2) is 9.84 Å². The van der Waals surface area contributed by atoms with Crippen molar-refractivity contribution >= 4 is 32.5 Å². The largest absolute Gasteiger partial charge is 0.346 e. The van der Waals surface area contributed by atoms with Crippen LogP contribution in [0.15, 0.2) is 41.6 Å². The summed E-state index contributed by atoms with van der Waals surface area (Å²) in [4.78, 5) is 20.1. The molecule has 2 aromatic heterocycles. The summed E-state index contributed by atoms with van der Waals surface area (Å²) in [5.41, 5.74) is 8.93. The number of carbonyl (C=O) groups excluding carboxylic acids is 1. The van der Waals surface area contributed by atoms with Crippen molar-refractivity contribution in [1.29, 1.82) is 0 Å². The number of aryl methyl sites for hydroxylation is 1. The van der Waals surface area contributed by atoms with Crippen LogP contribution in [0.3, 0.4) is 0 Å². The number of anilines is 1. The zero-order valence-corrected chi connectivity index (χ0v) is 14.9. The Labute approximate surface area is 150 Å². The predicted octanol–water partition coefficient (Wildman–Crippen LogP) is 2.30. The lowest BCUT2D eigenvalue weighted by molar-refractivity contribution is 0.102. The highest BCUT2D eigenvalue weighted by molar-refractivity contribution is 7.91. The maximum atomic E-state index is 12.8. The van der Waals surface area contributed by atoms with Gasteiger partial charge in [-0.05, 0) is 42.7 Å². The Morgan fingerprint density at radius 1 is 1.35 bits per heavy atom. The number of pyridine rings is 1. The van der Waals surface area contributed by atoms with Gasteiger partial charge in [0.2, 0.25) is 0 Å². The second-order valence-electron chi connectivity index (χ2n) is 6.47. The zero-order valence-electron chi connectivity index (χ0n) is 14.1. The van der Waals surface area contributed by atoms with Gasteiger partial charge in [-0.15, -0.1) is 0 Å². The molecule has 4 rings (SSSR count). The smallest absolute Gasteiger partial charge is 0.255 e. The number of H-pyrrole nitrogens is 1. The van der Waals surface area contributed by atoms with E-state index >= 15 is 0 Å². The Hall–Kier alpha value is -2.71. The van der Waals surface area contributed by atoms with E-state index in [1.165, 1.54) is 6.07 Å². The molecule has 3 heterocycles. The van der Waals surface area contributed by atoms with Crippen molar-refractivity contribution in [1.82, 2.24) is 9.97 Å². The van der Waals surface area contributed by atoms with Crippen LogP contribution in [0.1, 0.15) is 33.9 Å². The second kappa shape index (κ2) is 5.93. The number of hydrogen-bond acceptors (Lipinski definition) is 5. The highest BCUT2D eigenvalue weighted by Gasteiger charge is 2.30. The lowest BCUT2D eigenvalue weighted by Gasteiger charge is -2.24. The molecule has 1 aliphatic heterocycles. The Bertz CT molecular complexity index is 1130. The van der Waals surface area contributed by atoms with E-state index in [-0.39, 0.29) is 22.6 Å². The summed E-state index contributed by atoms with van der Waals surface area (Å²) in [6.45, 7) is 1.78. The van der Waals surface area contributed by atoms with Gasteiger partial charge in [-0.3, -0.25) is 4.79 Å². The van der Waals surface area contributed by atoms with E-state index in [1.54, 1.807) is 31.5 Å². The van der Waals surface area contributed by atoms with Gasteiger partial charge < -0.3 is 16.0 Å². The molecule has 3 aromatic rings. The molecule has 8 heteroatoms. The lowest BCUT2D eigenvalue weighted by Crippen LogP contribution is -2.26. The number of nitrogens with zero attached hydrogens (tertiary/aromatic N) is 1. The molecule has 1 aromatic carbocycles. The van der Waals surface area contributed by atoms with Crippen LogP contribution in [0, 0.1) is 6.92 Å². The van der Waals surface area contributed by atoms with Gasteiger partial charge in [0.1, 0.15) is 5.65 Å². The van der Waals surface area contributed by atoms with E-state index in [9.17, 15) is 13.2 Å². The van der Waals surface area contributed by atoms with Crippen LogP contribution >= 0.6 is 0 Å². The molecule has 1 amide bonds. The quantitative estimate of drug-likeness (QED) is 0.640. The summed E-state index contributed by atoms with van der Waals surface area (Å²) in [5.74, 6) is -0.368. The van der Waals surface area contributed by atoms with E-state index in [0.29, 0.717) is 34.4 Å². The maximum Gasteiger partial charge on any atom is 0.255 e. The number of rotatable bonds is 2. The molecule has 0 saturated heterocycles. The van der Waals surface area contributed by atoms with Gasteiger partial charge >= 0.3 is 0 Å². The second-order valence-corrected chi connectivity index (χ2v) is 8.55. The Balaban J connectivity index is 1.76. The minimum atomic E-state index is -3.42. The molecule has 1 atom stereocenters. The average molecular weight is 370 g/mol. The van der Waals surface area contributed by atoms with Crippen LogP contribution in [-0.2, 0) is 9.84 Å². The van der Waals surface area contributed by atoms with Gasteiger partial charge in [0, 0.05) is 29.4 Å². The molecule has 0 radical (unpaired) electrons. The molecule has 0 bridgehead atoms. The number of fused-ring (bicyclic) bond motifs is 2. The summed E-state index contributed by atoms with van der Waals surface area (Å²) in [6.07, 6.45) is 3.73. The first-order chi connectivity index (χ1) is 12.4. The summed E-state index contributed by atoms with van der Waals surface area (Å²) in [7, 11) is -3.42. The average Bonchev–Trinajstić information content (AvgIpc) is 3.08. The van der Waals surface area contributed by atoms with Crippen LogP contribution in [0.5, 0.6) is 0 Å². The van der Waals surface area contributed by atoms with Crippen LogP contribution in [0.25, 0.3) is 11.0 Å². The van der Waals surface area contributed by atoms with Gasteiger partial charge in [-0.1, -0.05) is 6.07 Å². The number of nitrogens with one attached hydrogen (secondary N) is 2. The third-order valence-electron chi connectivity index (χ3n) is 4.74. The number of aromatic nitrogens is 2. The number of hydrogen-bond donors (Lipinski definition) is 3. The van der Waals surface area contributed by atoms with Crippen molar-refractivity contribution in [3.05, 3.63) is 53.3 Å². The maximum absolute atomic E-state index is 12.8. The molecule has 0 unspecified atom stereocenters. The van der Waals surface area contributed by atoms with Crippen molar-refractivity contribution in [2.75, 3.05) is 11.1 Å². The molecular formula is C18H18N4O3S. The summed E-state index contributed by atoms with van der Waals surface area (Å²) < 4.78 is 24.8. The van der Waals surface area contributed by atoms with Crippen molar-refractivity contribution in [3.8, 4) is 0 Å². The fourth-order valence-corrected chi connectivity index (χ4v) is 4.97. The van der Waals surface area contributed by atoms with E-state index in [0.717, 1.165) is 5.39 Å². The van der Waals surface area contributed by atoms with Crippen molar-refractivity contribution in [3.63, 3.8) is 0 Å². The molecule has 1 aliphatic rings. The number of amides is 1. The predicted molar refractivity (Wildman–Crippen MR) is 98.8 cm³/mol. The Morgan fingerprint density at radius 3 is 2.96 bits per heavy atom. The van der Waals surface area contributed by atoms with Crippen molar-refractivity contribution in [2.24, 2.45) is 5.73 Å². The molecule has 7 nitrogen and oxygen atoms in total. The fraction of sp³-hybridized carbons (Fsp3) is 0.222. The van der Waals surface area contributed by atoms with Gasteiger partial charge in [-0.25, -0.2) is 13.4 Å². The van der Waals surface area contributed by atoms with Crippen LogP contribution in [-0.4, -0.2) is 30.0 Å². The number of sulfone groups is 1. The van der Waals surface area contributed by atoms with E-state index in [4.69, 9.17) is 5.73 Å². The highest BCUT2D eigenvalue weighted by atomic mass is 32.2. The van der Waals surface area contributed by atoms with Crippen molar-refractivity contribution < 1.29 is 13.2 Å². The van der Waals surface area contributed by atoms with Gasteiger partial charge in [0.05, 0.1) is 16.3 Å². The molecule has 0 saturated carbocycles. The molecular weight excluding hydrogens is 352 g/mol. The number of nitrogens with two attached hydrogens (primary N) is 1. The van der Waals surface area contributed by atoms with Crippen LogP contribution in [0.2, 0.25) is 0 Å². The fourth-order valence-electron chi connectivity index (χ4n) is 3.32. The van der Waals surface area contributed by atoms with E-state index in [2.05, 4.69) is 15.3 Å². The Morgan fingerprint density at radius 2 is 2.15 bits per heavy atom. The zero-order chi connectivity index (χ0) is 18.5. The first-order valence-corrected chi connectivity index (χ1v) is 9.88. The first-order valence-electron chi connectivity index (χ1n) is 8.23. The molecule has 4 N–H and O–H groups in total. The topological polar surface area (TPSA) is 118 Å². The third-order valence-corrected chi connectivity index (χ3v) is 6.54. The van der Waals surface area contributed by atoms with E-state index < -0.39 is 9.84 Å². The van der Waals surface area contributed by atoms with Crippen molar-refractivity contribution in [2.45, 2.75) is 24.3 Å². The molecule has 134 valence electrons. The molecule has 26 heavy (non-hydrogen) atoms. The first kappa shape index (κ1) is 16.7. The minimum absolute atomic E-state index is 0.000383. The Kier molecular flexibility index (Phi) is 3.82. The van der Waals surface area contributed by atoms with Gasteiger partial charge in [-0.2, -0.15) is 0 Å². The number of aromatic amines is 1. The molecule has 0 spiro atoms. The van der Waals surface area contributed by atoms with Crippen LogP contribution < -0.4 is 11.1 Å². The van der Waals surface area contributed by atoms with E-state index in [1.807, 2.05) is 6.07 Å². The summed E-state index contributed by atoms with van der Waals surface area (Å²) in [5, 5.41) is 3.63. The summed E-state index contributed by atoms with van der Waals surface area (Å²) in [6, 6.07) is 6.35. The van der Waals surface area contributed by atoms with Crippen LogP contribution in [0.4, 0.5) is 5.69 Å². The minimum Gasteiger partial charge on any atom is -0.346 e. The monoisotopic (exact) mass is 370 g/mol. The standard InChI is InChI=1S/C18H18N4O3S/c1-10-8-13-14(19)4-7-26(24,25)16(13)9-12(10)18(23)22-15-3-6-21-17-11(15)2-5-20-17/h2-3,5-6,8-9,14H,4,7,19H2,1H3,(H2,20,21,22,23)/t14-/m1/s1. The summed E-state index contributed by atoms with van der Waals surface area (Å²) >= 11 is 0. The lowest BCUT2D eigenvalue weighted by atomic mass is 9.98. The number of benzene rings is 1. The highest BCUT2D eigenvalue weighted by Crippen LogP contribution is 2.33. The SMILES string of the molecule is Cc1cc2c(cc1C(=O)Nc1ccnc3[nH]ccc13)S(=O)(=O)CC[C@H]2N.